The van der Waals surface area contributed by atoms with Crippen LogP contribution in [0, 0.1) is 11.8 Å². The summed E-state index contributed by atoms with van der Waals surface area (Å²) in [6.07, 6.45) is 4.67. The van der Waals surface area contributed by atoms with Crippen LogP contribution in [-0.2, 0) is 12.0 Å². The Morgan fingerprint density at radius 2 is 2.12 bits per heavy atom. The van der Waals surface area contributed by atoms with Crippen molar-refractivity contribution in [3.05, 3.63) is 35.4 Å². The molecule has 1 aromatic carbocycles. The molecule has 0 radical (unpaired) electrons. The van der Waals surface area contributed by atoms with Crippen LogP contribution in [0.15, 0.2) is 24.3 Å². The number of rotatable bonds is 1. The van der Waals surface area contributed by atoms with Crippen molar-refractivity contribution in [2.45, 2.75) is 31.2 Å². The summed E-state index contributed by atoms with van der Waals surface area (Å²) < 4.78 is 0. The van der Waals surface area contributed by atoms with Gasteiger partial charge >= 0.3 is 0 Å². The molecule has 3 rings (SSSR count). The van der Waals surface area contributed by atoms with E-state index in [4.69, 9.17) is 11.5 Å². The molecule has 0 amide bonds. The van der Waals surface area contributed by atoms with Crippen LogP contribution in [0.5, 0.6) is 0 Å². The summed E-state index contributed by atoms with van der Waals surface area (Å²) in [5, 5.41) is 0. The van der Waals surface area contributed by atoms with Gasteiger partial charge in [0.2, 0.25) is 0 Å². The molecular weight excluding hydrogens is 196 g/mol. The van der Waals surface area contributed by atoms with Crippen LogP contribution in [0.4, 0.5) is 0 Å². The Hall–Kier alpha value is -0.860. The Balaban J connectivity index is 1.96. The Bertz CT molecular complexity index is 401. The fourth-order valence-electron chi connectivity index (χ4n) is 3.63. The summed E-state index contributed by atoms with van der Waals surface area (Å²) in [6, 6.07) is 8.70. The lowest BCUT2D eigenvalue weighted by molar-refractivity contribution is 0.163. The van der Waals surface area contributed by atoms with Crippen molar-refractivity contribution < 1.29 is 0 Å². The van der Waals surface area contributed by atoms with E-state index in [-0.39, 0.29) is 5.54 Å². The average Bonchev–Trinajstić information content (AvgIpc) is 2.61. The smallest absolute Gasteiger partial charge is 0.0444 e. The largest absolute Gasteiger partial charge is 0.330 e. The number of hydrogen-bond donors (Lipinski definition) is 2. The van der Waals surface area contributed by atoms with Gasteiger partial charge in [-0.05, 0) is 55.2 Å². The molecule has 0 saturated heterocycles. The van der Waals surface area contributed by atoms with Gasteiger partial charge in [-0.2, -0.15) is 0 Å². The van der Waals surface area contributed by atoms with Gasteiger partial charge in [-0.25, -0.2) is 0 Å². The third-order valence-electron chi connectivity index (χ3n) is 4.63. The first-order valence-electron chi connectivity index (χ1n) is 6.31. The molecule has 1 aromatic rings. The highest BCUT2D eigenvalue weighted by Crippen LogP contribution is 2.49. The van der Waals surface area contributed by atoms with Gasteiger partial charge in [0.1, 0.15) is 0 Å². The summed E-state index contributed by atoms with van der Waals surface area (Å²) in [5.74, 6) is 1.31. The summed E-state index contributed by atoms with van der Waals surface area (Å²) in [4.78, 5) is 0. The van der Waals surface area contributed by atoms with E-state index in [0.717, 1.165) is 19.4 Å². The SMILES string of the molecule is NCC1CCC2(N)c3ccccc3CC2C1. The van der Waals surface area contributed by atoms with Crippen molar-refractivity contribution in [3.8, 4) is 0 Å². The molecule has 86 valence electrons. The molecule has 0 aromatic heterocycles. The van der Waals surface area contributed by atoms with E-state index in [1.54, 1.807) is 0 Å². The number of benzene rings is 1. The predicted molar refractivity (Wildman–Crippen MR) is 65.9 cm³/mol. The molecule has 1 saturated carbocycles. The highest BCUT2D eigenvalue weighted by Gasteiger charge is 2.46. The zero-order valence-corrected chi connectivity index (χ0v) is 9.65. The fraction of sp³-hybridized carbons (Fsp3) is 0.571. The van der Waals surface area contributed by atoms with Crippen molar-refractivity contribution in [3.63, 3.8) is 0 Å². The second-order valence-corrected chi connectivity index (χ2v) is 5.47. The number of fused-ring (bicyclic) bond motifs is 3. The zero-order valence-electron chi connectivity index (χ0n) is 9.65. The van der Waals surface area contributed by atoms with Crippen LogP contribution in [0.25, 0.3) is 0 Å². The van der Waals surface area contributed by atoms with Crippen molar-refractivity contribution in [1.29, 1.82) is 0 Å². The van der Waals surface area contributed by atoms with E-state index < -0.39 is 0 Å². The lowest BCUT2D eigenvalue weighted by atomic mass is 9.69. The third kappa shape index (κ3) is 1.33. The normalized spacial score (nSPS) is 36.9. The van der Waals surface area contributed by atoms with Gasteiger partial charge in [-0.1, -0.05) is 24.3 Å². The molecule has 0 spiro atoms. The van der Waals surface area contributed by atoms with Crippen molar-refractivity contribution in [2.24, 2.45) is 23.3 Å². The van der Waals surface area contributed by atoms with E-state index in [9.17, 15) is 0 Å². The van der Waals surface area contributed by atoms with Crippen LogP contribution >= 0.6 is 0 Å². The Morgan fingerprint density at radius 3 is 2.94 bits per heavy atom. The molecule has 3 unspecified atom stereocenters. The Morgan fingerprint density at radius 1 is 1.31 bits per heavy atom. The fourth-order valence-corrected chi connectivity index (χ4v) is 3.63. The first-order chi connectivity index (χ1) is 7.74. The molecular formula is C14H20N2. The number of hydrogen-bond acceptors (Lipinski definition) is 2. The van der Waals surface area contributed by atoms with Crippen LogP contribution in [0.3, 0.4) is 0 Å². The molecule has 2 heteroatoms. The maximum Gasteiger partial charge on any atom is 0.0444 e. The minimum Gasteiger partial charge on any atom is -0.330 e. The topological polar surface area (TPSA) is 52.0 Å². The predicted octanol–water partition coefficient (Wildman–Crippen LogP) is 1.77. The van der Waals surface area contributed by atoms with Crippen LogP contribution in [0.2, 0.25) is 0 Å². The highest BCUT2D eigenvalue weighted by atomic mass is 14.8. The second kappa shape index (κ2) is 3.57. The van der Waals surface area contributed by atoms with E-state index in [1.165, 1.54) is 24.0 Å². The Labute approximate surface area is 97.0 Å². The molecule has 0 heterocycles. The first kappa shape index (κ1) is 10.3. The molecule has 2 nitrogen and oxygen atoms in total. The van der Waals surface area contributed by atoms with Crippen molar-refractivity contribution in [1.82, 2.24) is 0 Å². The summed E-state index contributed by atoms with van der Waals surface area (Å²) >= 11 is 0. The molecule has 1 fully saturated rings. The lowest BCUT2D eigenvalue weighted by Gasteiger charge is -2.40. The summed E-state index contributed by atoms with van der Waals surface area (Å²) in [6.45, 7) is 0.822. The van der Waals surface area contributed by atoms with E-state index >= 15 is 0 Å². The van der Waals surface area contributed by atoms with Crippen molar-refractivity contribution >= 4 is 0 Å². The average molecular weight is 216 g/mol. The van der Waals surface area contributed by atoms with Gasteiger partial charge in [0.25, 0.3) is 0 Å². The van der Waals surface area contributed by atoms with Gasteiger partial charge in [0.15, 0.2) is 0 Å². The maximum absolute atomic E-state index is 6.65. The van der Waals surface area contributed by atoms with Crippen LogP contribution in [0.1, 0.15) is 30.4 Å². The summed E-state index contributed by atoms with van der Waals surface area (Å²) in [5.41, 5.74) is 15.3. The van der Waals surface area contributed by atoms with Crippen LogP contribution < -0.4 is 11.5 Å². The monoisotopic (exact) mass is 216 g/mol. The molecule has 3 atom stereocenters. The molecule has 4 N–H and O–H groups in total. The zero-order chi connectivity index (χ0) is 11.2. The minimum atomic E-state index is -0.0533. The lowest BCUT2D eigenvalue weighted by Crippen LogP contribution is -2.46. The summed E-state index contributed by atoms with van der Waals surface area (Å²) in [7, 11) is 0. The second-order valence-electron chi connectivity index (χ2n) is 5.47. The molecule has 2 aliphatic carbocycles. The molecule has 0 aliphatic heterocycles. The molecule has 2 aliphatic rings. The quantitative estimate of drug-likeness (QED) is 0.751. The molecule has 16 heavy (non-hydrogen) atoms. The van der Waals surface area contributed by atoms with Gasteiger partial charge in [-0.15, -0.1) is 0 Å². The molecule has 0 bridgehead atoms. The van der Waals surface area contributed by atoms with Crippen LogP contribution in [-0.4, -0.2) is 6.54 Å². The minimum absolute atomic E-state index is 0.0533. The third-order valence-corrected chi connectivity index (χ3v) is 4.63. The van der Waals surface area contributed by atoms with Gasteiger partial charge in [0, 0.05) is 5.54 Å². The van der Waals surface area contributed by atoms with E-state index in [1.807, 2.05) is 0 Å². The number of nitrogens with two attached hydrogens (primary N) is 2. The first-order valence-corrected chi connectivity index (χ1v) is 6.31. The Kier molecular flexibility index (Phi) is 2.30. The van der Waals surface area contributed by atoms with Gasteiger partial charge in [-0.3, -0.25) is 0 Å². The van der Waals surface area contributed by atoms with Gasteiger partial charge < -0.3 is 11.5 Å². The van der Waals surface area contributed by atoms with Crippen molar-refractivity contribution in [2.75, 3.05) is 6.54 Å². The maximum atomic E-state index is 6.65. The van der Waals surface area contributed by atoms with Gasteiger partial charge in [0.05, 0.1) is 0 Å². The standard InChI is InChI=1S/C14H20N2/c15-9-10-5-6-14(16)12(7-10)8-11-3-1-2-4-13(11)14/h1-4,10,12H,5-9,15-16H2. The highest BCUT2D eigenvalue weighted by molar-refractivity contribution is 5.40. The van der Waals surface area contributed by atoms with E-state index in [2.05, 4.69) is 24.3 Å². The van der Waals surface area contributed by atoms with E-state index in [0.29, 0.717) is 11.8 Å².